The van der Waals surface area contributed by atoms with Crippen molar-refractivity contribution in [1.29, 1.82) is 0 Å². The molecule has 0 saturated carbocycles. The largest absolute Gasteiger partial charge is 0.398 e. The smallest absolute Gasteiger partial charge is 0.231 e. The van der Waals surface area contributed by atoms with Gasteiger partial charge < -0.3 is 5.73 Å². The summed E-state index contributed by atoms with van der Waals surface area (Å²) in [7, 11) is 0. The Labute approximate surface area is 93.2 Å². The zero-order valence-electron chi connectivity index (χ0n) is 8.68. The van der Waals surface area contributed by atoms with Crippen LogP contribution in [0.2, 0.25) is 0 Å². The fraction of sp³-hybridized carbons (Fsp3) is 0.364. The van der Waals surface area contributed by atoms with Crippen LogP contribution in [0.3, 0.4) is 0 Å². The van der Waals surface area contributed by atoms with Gasteiger partial charge in [-0.2, -0.15) is 0 Å². The standard InChI is InChI=1S/C11H13ClFNO/c1-3-11(2,10(12)15)8-6-7(13)4-5-9(8)14/h4-6H,3,14H2,1-2H3. The minimum absolute atomic E-state index is 0.384. The van der Waals surface area contributed by atoms with Gasteiger partial charge in [-0.3, -0.25) is 4.79 Å². The van der Waals surface area contributed by atoms with Gasteiger partial charge in [0.15, 0.2) is 0 Å². The van der Waals surface area contributed by atoms with E-state index in [1.54, 1.807) is 6.92 Å². The van der Waals surface area contributed by atoms with Gasteiger partial charge in [0.25, 0.3) is 0 Å². The van der Waals surface area contributed by atoms with Crippen LogP contribution in [0.25, 0.3) is 0 Å². The van der Waals surface area contributed by atoms with Gasteiger partial charge >= 0.3 is 0 Å². The molecule has 0 saturated heterocycles. The monoisotopic (exact) mass is 229 g/mol. The molecule has 1 unspecified atom stereocenters. The van der Waals surface area contributed by atoms with E-state index in [0.717, 1.165) is 0 Å². The van der Waals surface area contributed by atoms with Gasteiger partial charge in [-0.15, -0.1) is 0 Å². The Morgan fingerprint density at radius 1 is 1.60 bits per heavy atom. The van der Waals surface area contributed by atoms with Crippen LogP contribution in [0.5, 0.6) is 0 Å². The van der Waals surface area contributed by atoms with Gasteiger partial charge in [-0.1, -0.05) is 6.92 Å². The van der Waals surface area contributed by atoms with Crippen molar-refractivity contribution in [3.63, 3.8) is 0 Å². The lowest BCUT2D eigenvalue weighted by Gasteiger charge is -2.25. The topological polar surface area (TPSA) is 43.1 Å². The molecule has 1 aromatic carbocycles. The van der Waals surface area contributed by atoms with E-state index in [1.807, 2.05) is 6.92 Å². The van der Waals surface area contributed by atoms with E-state index in [9.17, 15) is 9.18 Å². The number of hydrogen-bond acceptors (Lipinski definition) is 2. The molecule has 0 aliphatic heterocycles. The summed E-state index contributed by atoms with van der Waals surface area (Å²) in [5.74, 6) is -0.420. The van der Waals surface area contributed by atoms with Crippen LogP contribution < -0.4 is 5.73 Å². The number of rotatable bonds is 3. The molecule has 0 radical (unpaired) electrons. The average molecular weight is 230 g/mol. The molecule has 2 N–H and O–H groups in total. The first kappa shape index (κ1) is 12.0. The summed E-state index contributed by atoms with van der Waals surface area (Å²) < 4.78 is 13.1. The third-order valence-corrected chi connectivity index (χ3v) is 3.17. The van der Waals surface area contributed by atoms with Crippen molar-refractivity contribution < 1.29 is 9.18 Å². The number of halogens is 2. The predicted molar refractivity (Wildman–Crippen MR) is 59.3 cm³/mol. The molecule has 1 rings (SSSR count). The minimum Gasteiger partial charge on any atom is -0.398 e. The molecule has 1 atom stereocenters. The van der Waals surface area contributed by atoms with Crippen LogP contribution in [0.4, 0.5) is 10.1 Å². The van der Waals surface area contributed by atoms with E-state index in [4.69, 9.17) is 17.3 Å². The van der Waals surface area contributed by atoms with Crippen LogP contribution in [0.15, 0.2) is 18.2 Å². The molecule has 0 amide bonds. The van der Waals surface area contributed by atoms with E-state index in [1.165, 1.54) is 18.2 Å². The second-order valence-corrected chi connectivity index (χ2v) is 4.03. The maximum absolute atomic E-state index is 13.1. The SMILES string of the molecule is CCC(C)(C(=O)Cl)c1cc(F)ccc1N. The van der Waals surface area contributed by atoms with Gasteiger partial charge in [0, 0.05) is 5.69 Å². The lowest BCUT2D eigenvalue weighted by atomic mass is 9.80. The fourth-order valence-corrected chi connectivity index (χ4v) is 1.68. The van der Waals surface area contributed by atoms with E-state index >= 15 is 0 Å². The molecule has 0 aliphatic rings. The van der Waals surface area contributed by atoms with Crippen molar-refractivity contribution in [2.45, 2.75) is 25.7 Å². The van der Waals surface area contributed by atoms with E-state index < -0.39 is 16.5 Å². The van der Waals surface area contributed by atoms with Crippen molar-refractivity contribution >= 4 is 22.5 Å². The summed E-state index contributed by atoms with van der Waals surface area (Å²) in [4.78, 5) is 11.3. The normalized spacial score (nSPS) is 14.7. The van der Waals surface area contributed by atoms with Crippen molar-refractivity contribution in [3.8, 4) is 0 Å². The molecular weight excluding hydrogens is 217 g/mol. The van der Waals surface area contributed by atoms with Crippen molar-refractivity contribution in [3.05, 3.63) is 29.6 Å². The van der Waals surface area contributed by atoms with E-state index in [0.29, 0.717) is 17.7 Å². The van der Waals surface area contributed by atoms with Gasteiger partial charge in [-0.25, -0.2) is 4.39 Å². The first-order chi connectivity index (χ1) is 6.91. The predicted octanol–water partition coefficient (Wildman–Crippen LogP) is 2.84. The molecule has 0 bridgehead atoms. The Bertz CT molecular complexity index is 394. The number of benzene rings is 1. The van der Waals surface area contributed by atoms with Gasteiger partial charge in [0.05, 0.1) is 5.41 Å². The van der Waals surface area contributed by atoms with Crippen LogP contribution in [-0.2, 0) is 10.2 Å². The molecule has 15 heavy (non-hydrogen) atoms. The highest BCUT2D eigenvalue weighted by Gasteiger charge is 2.33. The first-order valence-electron chi connectivity index (χ1n) is 4.67. The van der Waals surface area contributed by atoms with E-state index in [-0.39, 0.29) is 0 Å². The molecule has 0 fully saturated rings. The van der Waals surface area contributed by atoms with Gasteiger partial charge in [0.2, 0.25) is 5.24 Å². The Kier molecular flexibility index (Phi) is 3.35. The van der Waals surface area contributed by atoms with Crippen LogP contribution in [0, 0.1) is 5.82 Å². The zero-order valence-corrected chi connectivity index (χ0v) is 9.44. The number of anilines is 1. The number of nitrogen functional groups attached to an aromatic ring is 1. The first-order valence-corrected chi connectivity index (χ1v) is 5.05. The maximum Gasteiger partial charge on any atom is 0.231 e. The summed E-state index contributed by atoms with van der Waals surface area (Å²) in [6, 6.07) is 3.96. The molecular formula is C11H13ClFNO. The highest BCUT2D eigenvalue weighted by Crippen LogP contribution is 2.34. The van der Waals surface area contributed by atoms with Crippen molar-refractivity contribution in [2.24, 2.45) is 0 Å². The number of nitrogens with two attached hydrogens (primary N) is 1. The zero-order chi connectivity index (χ0) is 11.6. The summed E-state index contributed by atoms with van der Waals surface area (Å²) >= 11 is 5.53. The number of carbonyl (C=O) groups excluding carboxylic acids is 1. The molecule has 0 spiro atoms. The summed E-state index contributed by atoms with van der Waals surface area (Å²) in [6.07, 6.45) is 0.475. The van der Waals surface area contributed by atoms with Crippen LogP contribution in [-0.4, -0.2) is 5.24 Å². The lowest BCUT2D eigenvalue weighted by Crippen LogP contribution is -2.29. The maximum atomic E-state index is 13.1. The fourth-order valence-electron chi connectivity index (χ4n) is 1.44. The third-order valence-electron chi connectivity index (χ3n) is 2.75. The van der Waals surface area contributed by atoms with Crippen LogP contribution >= 0.6 is 11.6 Å². The lowest BCUT2D eigenvalue weighted by molar-refractivity contribution is -0.116. The Morgan fingerprint density at radius 3 is 2.67 bits per heavy atom. The Hall–Kier alpha value is -1.09. The van der Waals surface area contributed by atoms with E-state index in [2.05, 4.69) is 0 Å². The Balaban J connectivity index is 3.35. The molecule has 1 aromatic rings. The molecule has 2 nitrogen and oxygen atoms in total. The number of carbonyl (C=O) groups is 1. The second kappa shape index (κ2) is 4.19. The highest BCUT2D eigenvalue weighted by atomic mass is 35.5. The van der Waals surface area contributed by atoms with Crippen LogP contribution in [0.1, 0.15) is 25.8 Å². The Morgan fingerprint density at radius 2 is 2.20 bits per heavy atom. The molecule has 82 valence electrons. The van der Waals surface area contributed by atoms with Gasteiger partial charge in [-0.05, 0) is 48.7 Å². The molecule has 0 aromatic heterocycles. The van der Waals surface area contributed by atoms with Crippen molar-refractivity contribution in [2.75, 3.05) is 5.73 Å². The van der Waals surface area contributed by atoms with Crippen molar-refractivity contribution in [1.82, 2.24) is 0 Å². The quantitative estimate of drug-likeness (QED) is 0.640. The molecule has 0 heterocycles. The highest BCUT2D eigenvalue weighted by molar-refractivity contribution is 6.65. The summed E-state index contributed by atoms with van der Waals surface area (Å²) in [5, 5.41) is -0.526. The average Bonchev–Trinajstić information content (AvgIpc) is 2.20. The summed E-state index contributed by atoms with van der Waals surface area (Å²) in [6.45, 7) is 3.47. The molecule has 0 aliphatic carbocycles. The number of hydrogen-bond donors (Lipinski definition) is 1. The second-order valence-electron chi connectivity index (χ2n) is 3.69. The summed E-state index contributed by atoms with van der Waals surface area (Å²) in [5.41, 5.74) is 5.62. The van der Waals surface area contributed by atoms with Gasteiger partial charge in [0.1, 0.15) is 5.82 Å². The molecule has 4 heteroatoms. The third kappa shape index (κ3) is 2.12. The minimum atomic E-state index is -0.923.